The molecule has 1 aliphatic heterocycles. The second-order valence-corrected chi connectivity index (χ2v) is 7.47. The fourth-order valence-corrected chi connectivity index (χ4v) is 2.72. The SMILES string of the molecule is CCC(C)(C)CCC(=O)Nc1cccc(OCC(=O)N2CCCC2)c1. The Labute approximate surface area is 150 Å². The second-order valence-electron chi connectivity index (χ2n) is 7.47. The van der Waals surface area contributed by atoms with Gasteiger partial charge in [-0.25, -0.2) is 0 Å². The van der Waals surface area contributed by atoms with Crippen molar-refractivity contribution in [2.45, 2.75) is 52.9 Å². The molecule has 0 aromatic heterocycles. The van der Waals surface area contributed by atoms with Gasteiger partial charge in [0, 0.05) is 31.3 Å². The molecule has 0 saturated carbocycles. The van der Waals surface area contributed by atoms with Gasteiger partial charge in [-0.05, 0) is 36.8 Å². The Balaban J connectivity index is 1.81. The highest BCUT2D eigenvalue weighted by atomic mass is 16.5. The van der Waals surface area contributed by atoms with Gasteiger partial charge in [0.25, 0.3) is 5.91 Å². The van der Waals surface area contributed by atoms with Gasteiger partial charge in [0.15, 0.2) is 6.61 Å². The topological polar surface area (TPSA) is 58.6 Å². The summed E-state index contributed by atoms with van der Waals surface area (Å²) in [6, 6.07) is 7.21. The predicted octanol–water partition coefficient (Wildman–Crippen LogP) is 3.84. The first kappa shape index (κ1) is 19.3. The fourth-order valence-electron chi connectivity index (χ4n) is 2.72. The van der Waals surface area contributed by atoms with Crippen LogP contribution in [0, 0.1) is 5.41 Å². The van der Waals surface area contributed by atoms with Crippen molar-refractivity contribution in [2.75, 3.05) is 25.0 Å². The molecule has 5 nitrogen and oxygen atoms in total. The maximum atomic E-state index is 12.1. The zero-order chi connectivity index (χ0) is 18.3. The molecule has 0 bridgehead atoms. The van der Waals surface area contributed by atoms with Crippen LogP contribution in [0.1, 0.15) is 52.9 Å². The average Bonchev–Trinajstić information content (AvgIpc) is 3.13. The van der Waals surface area contributed by atoms with Crippen molar-refractivity contribution in [1.29, 1.82) is 0 Å². The summed E-state index contributed by atoms with van der Waals surface area (Å²) < 4.78 is 5.59. The molecule has 1 aromatic carbocycles. The minimum atomic E-state index is 0.00631. The quantitative estimate of drug-likeness (QED) is 0.778. The zero-order valence-corrected chi connectivity index (χ0v) is 15.6. The van der Waals surface area contributed by atoms with Crippen LogP contribution in [0.4, 0.5) is 5.69 Å². The molecular weight excluding hydrogens is 316 g/mol. The van der Waals surface area contributed by atoms with Gasteiger partial charge in [0.2, 0.25) is 5.91 Å². The summed E-state index contributed by atoms with van der Waals surface area (Å²) in [7, 11) is 0. The minimum Gasteiger partial charge on any atom is -0.484 e. The van der Waals surface area contributed by atoms with Gasteiger partial charge in [0.05, 0.1) is 0 Å². The van der Waals surface area contributed by atoms with E-state index in [-0.39, 0.29) is 23.8 Å². The van der Waals surface area contributed by atoms with E-state index < -0.39 is 0 Å². The van der Waals surface area contributed by atoms with Crippen molar-refractivity contribution < 1.29 is 14.3 Å². The standard InChI is InChI=1S/C20H30N2O3/c1-4-20(2,3)11-10-18(23)21-16-8-7-9-17(14-16)25-15-19(24)22-12-5-6-13-22/h7-9,14H,4-6,10-13,15H2,1-3H3,(H,21,23). The Bertz CT molecular complexity index is 592. The third-order valence-corrected chi connectivity index (χ3v) is 4.92. The molecular formula is C20H30N2O3. The van der Waals surface area contributed by atoms with Crippen molar-refractivity contribution in [3.8, 4) is 5.75 Å². The van der Waals surface area contributed by atoms with Crippen LogP contribution in [0.5, 0.6) is 5.75 Å². The molecule has 1 N–H and O–H groups in total. The van der Waals surface area contributed by atoms with Gasteiger partial charge >= 0.3 is 0 Å². The number of likely N-dealkylation sites (tertiary alicyclic amines) is 1. The first-order valence-corrected chi connectivity index (χ1v) is 9.20. The van der Waals surface area contributed by atoms with E-state index >= 15 is 0 Å². The average molecular weight is 346 g/mol. The van der Waals surface area contributed by atoms with E-state index in [1.165, 1.54) is 0 Å². The van der Waals surface area contributed by atoms with Gasteiger partial charge in [0.1, 0.15) is 5.75 Å². The van der Waals surface area contributed by atoms with E-state index in [2.05, 4.69) is 26.1 Å². The molecule has 1 heterocycles. The van der Waals surface area contributed by atoms with Crippen LogP contribution in [-0.4, -0.2) is 36.4 Å². The lowest BCUT2D eigenvalue weighted by molar-refractivity contribution is -0.132. The maximum absolute atomic E-state index is 12.1. The number of nitrogens with one attached hydrogen (secondary N) is 1. The number of hydrogen-bond donors (Lipinski definition) is 1. The number of rotatable bonds is 8. The van der Waals surface area contributed by atoms with Crippen molar-refractivity contribution in [1.82, 2.24) is 4.90 Å². The molecule has 0 unspecified atom stereocenters. The molecule has 1 fully saturated rings. The highest BCUT2D eigenvalue weighted by Gasteiger charge is 2.18. The number of benzene rings is 1. The summed E-state index contributed by atoms with van der Waals surface area (Å²) in [5, 5.41) is 2.91. The summed E-state index contributed by atoms with van der Waals surface area (Å²) in [4.78, 5) is 26.0. The van der Waals surface area contributed by atoms with Gasteiger partial charge in [-0.3, -0.25) is 9.59 Å². The molecule has 1 saturated heterocycles. The van der Waals surface area contributed by atoms with Crippen LogP contribution >= 0.6 is 0 Å². The summed E-state index contributed by atoms with van der Waals surface area (Å²) in [6.45, 7) is 8.18. The van der Waals surface area contributed by atoms with E-state index in [0.29, 0.717) is 17.9 Å². The highest BCUT2D eigenvalue weighted by molar-refractivity contribution is 5.90. The molecule has 0 spiro atoms. The lowest BCUT2D eigenvalue weighted by Gasteiger charge is -2.21. The zero-order valence-electron chi connectivity index (χ0n) is 15.6. The largest absolute Gasteiger partial charge is 0.484 e. The molecule has 5 heteroatoms. The summed E-state index contributed by atoms with van der Waals surface area (Å²) in [5.74, 6) is 0.625. The monoisotopic (exact) mass is 346 g/mol. The van der Waals surface area contributed by atoms with Gasteiger partial charge in [-0.1, -0.05) is 33.3 Å². The Morgan fingerprint density at radius 3 is 2.64 bits per heavy atom. The van der Waals surface area contributed by atoms with Crippen molar-refractivity contribution in [2.24, 2.45) is 5.41 Å². The fraction of sp³-hybridized carbons (Fsp3) is 0.600. The van der Waals surface area contributed by atoms with E-state index in [4.69, 9.17) is 4.74 Å². The number of amides is 2. The first-order valence-electron chi connectivity index (χ1n) is 9.20. The molecule has 138 valence electrons. The smallest absolute Gasteiger partial charge is 0.260 e. The van der Waals surface area contributed by atoms with Crippen molar-refractivity contribution in [3.05, 3.63) is 24.3 Å². The van der Waals surface area contributed by atoms with E-state index in [9.17, 15) is 9.59 Å². The third-order valence-electron chi connectivity index (χ3n) is 4.92. The lowest BCUT2D eigenvalue weighted by atomic mass is 9.85. The molecule has 2 amide bonds. The van der Waals surface area contributed by atoms with Gasteiger partial charge in [-0.2, -0.15) is 0 Å². The van der Waals surface area contributed by atoms with E-state index in [1.54, 1.807) is 12.1 Å². The van der Waals surface area contributed by atoms with E-state index in [0.717, 1.165) is 38.8 Å². The maximum Gasteiger partial charge on any atom is 0.260 e. The first-order chi connectivity index (χ1) is 11.9. The number of hydrogen-bond acceptors (Lipinski definition) is 3. The summed E-state index contributed by atoms with van der Waals surface area (Å²) >= 11 is 0. The molecule has 0 aliphatic carbocycles. The Morgan fingerprint density at radius 2 is 1.96 bits per heavy atom. The van der Waals surface area contributed by atoms with Crippen LogP contribution in [0.25, 0.3) is 0 Å². The molecule has 2 rings (SSSR count). The van der Waals surface area contributed by atoms with Crippen LogP contribution in [-0.2, 0) is 9.59 Å². The van der Waals surface area contributed by atoms with Crippen LogP contribution in [0.3, 0.4) is 0 Å². The number of ether oxygens (including phenoxy) is 1. The van der Waals surface area contributed by atoms with Crippen molar-refractivity contribution in [3.63, 3.8) is 0 Å². The van der Waals surface area contributed by atoms with Crippen molar-refractivity contribution >= 4 is 17.5 Å². The molecule has 0 radical (unpaired) electrons. The van der Waals surface area contributed by atoms with Gasteiger partial charge in [-0.15, -0.1) is 0 Å². The Hall–Kier alpha value is -2.04. The molecule has 25 heavy (non-hydrogen) atoms. The molecule has 1 aliphatic rings. The summed E-state index contributed by atoms with van der Waals surface area (Å²) in [6.07, 6.45) is 4.55. The third kappa shape index (κ3) is 6.40. The number of carbonyl (C=O) groups is 2. The number of anilines is 1. The Morgan fingerprint density at radius 1 is 1.24 bits per heavy atom. The summed E-state index contributed by atoms with van der Waals surface area (Å²) in [5.41, 5.74) is 0.878. The van der Waals surface area contributed by atoms with Gasteiger partial charge < -0.3 is 15.0 Å². The second kappa shape index (κ2) is 8.88. The molecule has 0 atom stereocenters. The van der Waals surface area contributed by atoms with Crippen LogP contribution in [0.2, 0.25) is 0 Å². The number of nitrogens with zero attached hydrogens (tertiary/aromatic N) is 1. The lowest BCUT2D eigenvalue weighted by Crippen LogP contribution is -2.32. The highest BCUT2D eigenvalue weighted by Crippen LogP contribution is 2.26. The van der Waals surface area contributed by atoms with Crippen LogP contribution < -0.4 is 10.1 Å². The van der Waals surface area contributed by atoms with Crippen LogP contribution in [0.15, 0.2) is 24.3 Å². The molecule has 1 aromatic rings. The minimum absolute atomic E-state index is 0.00631. The normalized spacial score (nSPS) is 14.4. The predicted molar refractivity (Wildman–Crippen MR) is 99.7 cm³/mol. The Kier molecular flexibility index (Phi) is 6.85. The van der Waals surface area contributed by atoms with E-state index in [1.807, 2.05) is 17.0 Å². The number of carbonyl (C=O) groups excluding carboxylic acids is 2.